The van der Waals surface area contributed by atoms with Gasteiger partial charge in [0.15, 0.2) is 0 Å². The maximum atomic E-state index is 4.88. The van der Waals surface area contributed by atoms with E-state index in [-0.39, 0.29) is 0 Å². The number of rotatable bonds is 2. The Kier molecular flexibility index (Phi) is 4.42. The average molecular weight is 501 g/mol. The molecule has 2 heteroatoms. The third-order valence-corrected chi connectivity index (χ3v) is 9.75. The van der Waals surface area contributed by atoms with Gasteiger partial charge in [0.25, 0.3) is 0 Å². The topological polar surface area (TPSA) is 12.9 Å². The third kappa shape index (κ3) is 2.83. The number of pyridine rings is 1. The van der Waals surface area contributed by atoms with E-state index in [1.54, 1.807) is 0 Å². The summed E-state index contributed by atoms with van der Waals surface area (Å²) in [5.41, 5.74) is 13.5. The van der Waals surface area contributed by atoms with Gasteiger partial charge in [-0.05, 0) is 0 Å². The van der Waals surface area contributed by atoms with Gasteiger partial charge in [-0.2, -0.15) is 0 Å². The minimum absolute atomic E-state index is 0.327. The molecule has 0 atom stereocenters. The van der Waals surface area contributed by atoms with Crippen LogP contribution in [0.15, 0.2) is 91.1 Å². The van der Waals surface area contributed by atoms with Crippen LogP contribution in [0, 0.1) is 13.8 Å². The second-order valence-corrected chi connectivity index (χ2v) is 11.5. The van der Waals surface area contributed by atoms with Crippen LogP contribution in [0.1, 0.15) is 22.3 Å². The van der Waals surface area contributed by atoms with Crippen LogP contribution in [0.3, 0.4) is 0 Å². The molecule has 1 nitrogen and oxygen atoms in total. The summed E-state index contributed by atoms with van der Waals surface area (Å²) < 4.78 is 2.93. The quantitative estimate of drug-likeness (QED) is 0.220. The Balaban J connectivity index is 1.64. The van der Waals surface area contributed by atoms with Crippen molar-refractivity contribution in [2.24, 2.45) is 0 Å². The van der Waals surface area contributed by atoms with E-state index >= 15 is 0 Å². The number of nitrogens with zero attached hydrogens (tertiary/aromatic N) is 1. The summed E-state index contributed by atoms with van der Waals surface area (Å²) in [5.74, 6) is 0. The summed E-state index contributed by atoms with van der Waals surface area (Å²) in [5, 5.41) is 2.77. The van der Waals surface area contributed by atoms with Crippen LogP contribution in [-0.4, -0.2) is 19.5 Å². The van der Waals surface area contributed by atoms with Gasteiger partial charge < -0.3 is 0 Å². The van der Waals surface area contributed by atoms with Crippen LogP contribution >= 0.6 is 0 Å². The van der Waals surface area contributed by atoms with Gasteiger partial charge in [0.2, 0.25) is 0 Å². The molecule has 6 aromatic rings. The monoisotopic (exact) mass is 501 g/mol. The average Bonchev–Trinajstić information content (AvgIpc) is 3.43. The van der Waals surface area contributed by atoms with Crippen LogP contribution in [0.25, 0.3) is 52.8 Å². The fraction of sp³-hybridized carbons (Fsp3) is 0.0938. The first-order valence-electron chi connectivity index (χ1n) is 11.8. The molecule has 2 heterocycles. The normalized spacial score (nSPS) is 12.3. The van der Waals surface area contributed by atoms with E-state index in [9.17, 15) is 0 Å². The van der Waals surface area contributed by atoms with Crippen LogP contribution in [0.5, 0.6) is 0 Å². The molecule has 0 saturated carbocycles. The Hall–Kier alpha value is -3.45. The van der Waals surface area contributed by atoms with Gasteiger partial charge in [-0.15, -0.1) is 0 Å². The molecule has 0 bridgehead atoms. The SMILES string of the molecule is Cc1cc2c(c(-c3ccc4[se]c5ccccc5c4c3-c3ccccn3)c1C)Cc1ccccc1-2. The van der Waals surface area contributed by atoms with Gasteiger partial charge in [0.05, 0.1) is 0 Å². The van der Waals surface area contributed by atoms with Crippen molar-refractivity contribution in [1.29, 1.82) is 0 Å². The van der Waals surface area contributed by atoms with Crippen molar-refractivity contribution in [1.82, 2.24) is 4.98 Å². The van der Waals surface area contributed by atoms with E-state index in [0.29, 0.717) is 14.5 Å². The Bertz CT molecular complexity index is 1740. The molecule has 0 N–H and O–H groups in total. The predicted octanol–water partition coefficient (Wildman–Crippen LogP) is 7.97. The second-order valence-electron chi connectivity index (χ2n) is 9.23. The van der Waals surface area contributed by atoms with Crippen molar-refractivity contribution in [2.75, 3.05) is 0 Å². The van der Waals surface area contributed by atoms with Crippen molar-refractivity contribution >= 4 is 33.8 Å². The summed E-state index contributed by atoms with van der Waals surface area (Å²) in [6, 6.07) is 31.3. The van der Waals surface area contributed by atoms with Gasteiger partial charge in [0, 0.05) is 0 Å². The molecule has 7 rings (SSSR count). The first kappa shape index (κ1) is 20.0. The number of aryl methyl sites for hydroxylation is 1. The molecule has 0 saturated heterocycles. The molecular formula is C32H23NSe. The standard InChI is InChI=1S/C32H23NSe/c1-19-17-25-22-10-4-3-9-21(22)18-26(25)30(20(19)2)24-14-15-29-32(23-11-5-6-13-28(23)34-29)31(24)27-12-7-8-16-33-27/h3-17H,18H2,1-2H3. The Morgan fingerprint density at radius 3 is 2.41 bits per heavy atom. The van der Waals surface area contributed by atoms with E-state index in [1.807, 2.05) is 12.3 Å². The van der Waals surface area contributed by atoms with Crippen LogP contribution < -0.4 is 0 Å². The number of hydrogen-bond acceptors (Lipinski definition) is 1. The van der Waals surface area contributed by atoms with Crippen molar-refractivity contribution < 1.29 is 0 Å². The zero-order chi connectivity index (χ0) is 22.8. The van der Waals surface area contributed by atoms with Crippen LogP contribution in [-0.2, 0) is 6.42 Å². The molecule has 0 aliphatic heterocycles. The molecule has 162 valence electrons. The summed E-state index contributed by atoms with van der Waals surface area (Å²) in [6.45, 7) is 4.55. The first-order valence-corrected chi connectivity index (χ1v) is 13.5. The van der Waals surface area contributed by atoms with Gasteiger partial charge in [0.1, 0.15) is 0 Å². The molecule has 1 aliphatic rings. The Labute approximate surface area is 205 Å². The number of aromatic nitrogens is 1. The Morgan fingerprint density at radius 2 is 1.53 bits per heavy atom. The summed E-state index contributed by atoms with van der Waals surface area (Å²) >= 11 is 0.327. The first-order chi connectivity index (χ1) is 16.7. The molecule has 0 radical (unpaired) electrons. The van der Waals surface area contributed by atoms with Crippen LogP contribution in [0.2, 0.25) is 0 Å². The summed E-state index contributed by atoms with van der Waals surface area (Å²) in [7, 11) is 0. The van der Waals surface area contributed by atoms with E-state index in [4.69, 9.17) is 4.98 Å². The molecule has 0 fully saturated rings. The fourth-order valence-electron chi connectivity index (χ4n) is 5.69. The zero-order valence-corrected chi connectivity index (χ0v) is 20.9. The predicted molar refractivity (Wildman–Crippen MR) is 145 cm³/mol. The van der Waals surface area contributed by atoms with E-state index < -0.39 is 0 Å². The number of hydrogen-bond donors (Lipinski definition) is 0. The van der Waals surface area contributed by atoms with Gasteiger partial charge >= 0.3 is 206 Å². The van der Waals surface area contributed by atoms with Crippen molar-refractivity contribution in [3.63, 3.8) is 0 Å². The van der Waals surface area contributed by atoms with Crippen molar-refractivity contribution in [2.45, 2.75) is 20.3 Å². The fourth-order valence-corrected chi connectivity index (χ4v) is 8.02. The molecule has 4 aromatic carbocycles. The maximum absolute atomic E-state index is 4.88. The molecule has 1 aliphatic carbocycles. The molecule has 2 aromatic heterocycles. The van der Waals surface area contributed by atoms with Crippen molar-refractivity contribution in [3.8, 4) is 33.5 Å². The number of fused-ring (bicyclic) bond motifs is 6. The third-order valence-electron chi connectivity index (χ3n) is 7.36. The van der Waals surface area contributed by atoms with Gasteiger partial charge in [-0.25, -0.2) is 0 Å². The van der Waals surface area contributed by atoms with E-state index in [1.165, 1.54) is 69.4 Å². The van der Waals surface area contributed by atoms with Gasteiger partial charge in [-0.1, -0.05) is 0 Å². The summed E-state index contributed by atoms with van der Waals surface area (Å²) in [6.07, 6.45) is 2.91. The van der Waals surface area contributed by atoms with Crippen LogP contribution in [0.4, 0.5) is 0 Å². The molecular weight excluding hydrogens is 477 g/mol. The van der Waals surface area contributed by atoms with Gasteiger partial charge in [-0.3, -0.25) is 0 Å². The van der Waals surface area contributed by atoms with E-state index in [0.717, 1.165) is 12.1 Å². The minimum atomic E-state index is 0.327. The summed E-state index contributed by atoms with van der Waals surface area (Å²) in [4.78, 5) is 4.88. The molecule has 0 unspecified atom stereocenters. The number of benzene rings is 4. The van der Waals surface area contributed by atoms with E-state index in [2.05, 4.69) is 92.7 Å². The molecule has 34 heavy (non-hydrogen) atoms. The molecule has 0 amide bonds. The zero-order valence-electron chi connectivity index (χ0n) is 19.2. The van der Waals surface area contributed by atoms with Crippen molar-refractivity contribution in [3.05, 3.63) is 113 Å². The second kappa shape index (κ2) is 7.53. The molecule has 0 spiro atoms. The Morgan fingerprint density at radius 1 is 0.706 bits per heavy atom.